The molecule has 128 valence electrons. The van der Waals surface area contributed by atoms with Crippen molar-refractivity contribution in [2.75, 3.05) is 12.4 Å². The van der Waals surface area contributed by atoms with Crippen LogP contribution in [0.3, 0.4) is 0 Å². The number of hydrogen-bond acceptors (Lipinski definition) is 3. The quantitative estimate of drug-likeness (QED) is 0.724. The summed E-state index contributed by atoms with van der Waals surface area (Å²) in [6, 6.07) is 16.3. The molecule has 25 heavy (non-hydrogen) atoms. The number of hydrogen-bond donors (Lipinski definition) is 1. The fourth-order valence-corrected chi connectivity index (χ4v) is 2.75. The Morgan fingerprint density at radius 3 is 2.56 bits per heavy atom. The lowest BCUT2D eigenvalue weighted by atomic mass is 10.1. The van der Waals surface area contributed by atoms with E-state index in [9.17, 15) is 9.59 Å². The van der Waals surface area contributed by atoms with Gasteiger partial charge >= 0.3 is 11.7 Å². The summed E-state index contributed by atoms with van der Waals surface area (Å²) in [5.74, 6) is 0. The molecule has 0 aliphatic carbocycles. The largest absolute Gasteiger partial charge is 0.423 e. The average molecular weight is 336 g/mol. The van der Waals surface area contributed by atoms with E-state index in [1.54, 1.807) is 24.1 Å². The Hall–Kier alpha value is -3.08. The first kappa shape index (κ1) is 16.8. The lowest BCUT2D eigenvalue weighted by molar-refractivity contribution is 0.208. The molecule has 0 radical (unpaired) electrons. The number of anilines is 1. The van der Waals surface area contributed by atoms with E-state index in [0.29, 0.717) is 11.3 Å². The van der Waals surface area contributed by atoms with Crippen molar-refractivity contribution in [3.63, 3.8) is 0 Å². The first-order valence-corrected chi connectivity index (χ1v) is 8.09. The first-order valence-electron chi connectivity index (χ1n) is 8.09. The van der Waals surface area contributed by atoms with Crippen LogP contribution in [0.15, 0.2) is 63.8 Å². The monoisotopic (exact) mass is 336 g/mol. The smallest absolute Gasteiger partial charge is 0.336 e. The summed E-state index contributed by atoms with van der Waals surface area (Å²) in [4.78, 5) is 25.7. The third-order valence-corrected chi connectivity index (χ3v) is 4.39. The fourth-order valence-electron chi connectivity index (χ4n) is 2.75. The maximum Gasteiger partial charge on any atom is 0.336 e. The van der Waals surface area contributed by atoms with E-state index >= 15 is 0 Å². The third kappa shape index (κ3) is 3.55. The van der Waals surface area contributed by atoms with E-state index in [2.05, 4.69) is 5.32 Å². The average Bonchev–Trinajstić information content (AvgIpc) is 2.60. The first-order chi connectivity index (χ1) is 12.0. The number of fused-ring (bicyclic) bond motifs is 1. The van der Waals surface area contributed by atoms with Crippen molar-refractivity contribution < 1.29 is 9.21 Å². The predicted octanol–water partition coefficient (Wildman–Crippen LogP) is 4.33. The highest BCUT2D eigenvalue weighted by atomic mass is 16.4. The van der Waals surface area contributed by atoms with Gasteiger partial charge < -0.3 is 14.6 Å². The van der Waals surface area contributed by atoms with Gasteiger partial charge in [0.1, 0.15) is 5.58 Å². The van der Waals surface area contributed by atoms with E-state index in [1.165, 1.54) is 6.07 Å². The van der Waals surface area contributed by atoms with E-state index in [1.807, 2.05) is 50.2 Å². The van der Waals surface area contributed by atoms with Gasteiger partial charge in [-0.2, -0.15) is 0 Å². The number of aryl methyl sites for hydroxylation is 1. The van der Waals surface area contributed by atoms with Crippen LogP contribution in [0.5, 0.6) is 0 Å². The van der Waals surface area contributed by atoms with Gasteiger partial charge in [-0.05, 0) is 37.1 Å². The highest BCUT2D eigenvalue weighted by molar-refractivity contribution is 5.92. The summed E-state index contributed by atoms with van der Waals surface area (Å²) in [6.07, 6.45) is 0. The summed E-state index contributed by atoms with van der Waals surface area (Å²) >= 11 is 0. The van der Waals surface area contributed by atoms with Gasteiger partial charge in [0.15, 0.2) is 0 Å². The summed E-state index contributed by atoms with van der Waals surface area (Å²) < 4.78 is 5.22. The number of nitrogens with one attached hydrogen (secondary N) is 1. The van der Waals surface area contributed by atoms with Gasteiger partial charge in [-0.15, -0.1) is 0 Å². The molecule has 0 fully saturated rings. The molecule has 3 aromatic rings. The molecule has 0 aliphatic rings. The number of urea groups is 1. The minimum atomic E-state index is -0.400. The van der Waals surface area contributed by atoms with Crippen LogP contribution < -0.4 is 10.9 Å². The van der Waals surface area contributed by atoms with Crippen molar-refractivity contribution in [2.24, 2.45) is 0 Å². The van der Waals surface area contributed by atoms with Crippen LogP contribution in [-0.2, 0) is 0 Å². The van der Waals surface area contributed by atoms with Gasteiger partial charge in [0, 0.05) is 30.3 Å². The van der Waals surface area contributed by atoms with E-state index < -0.39 is 5.63 Å². The summed E-state index contributed by atoms with van der Waals surface area (Å²) in [7, 11) is 1.75. The van der Waals surface area contributed by atoms with Crippen molar-refractivity contribution in [3.05, 3.63) is 76.1 Å². The summed E-state index contributed by atoms with van der Waals surface area (Å²) in [5, 5.41) is 3.70. The SMILES string of the molecule is Cc1cc(=O)oc2cc(NC(=O)N(C)C(C)c3ccccc3)ccc12. The van der Waals surface area contributed by atoms with Crippen molar-refractivity contribution >= 4 is 22.7 Å². The molecule has 0 saturated carbocycles. The highest BCUT2D eigenvalue weighted by Crippen LogP contribution is 2.23. The molecular formula is C20H20N2O3. The Kier molecular flexibility index (Phi) is 4.57. The Morgan fingerprint density at radius 2 is 1.84 bits per heavy atom. The molecule has 5 nitrogen and oxygen atoms in total. The van der Waals surface area contributed by atoms with Crippen molar-refractivity contribution in [2.45, 2.75) is 19.9 Å². The molecule has 0 spiro atoms. The number of rotatable bonds is 3. The molecule has 0 saturated heterocycles. The molecule has 1 N–H and O–H groups in total. The molecule has 1 unspecified atom stereocenters. The van der Waals surface area contributed by atoms with Gasteiger partial charge in [-0.25, -0.2) is 9.59 Å². The van der Waals surface area contributed by atoms with E-state index in [-0.39, 0.29) is 12.1 Å². The minimum Gasteiger partial charge on any atom is -0.423 e. The zero-order valence-electron chi connectivity index (χ0n) is 14.4. The normalized spacial score (nSPS) is 12.0. The molecular weight excluding hydrogens is 316 g/mol. The van der Waals surface area contributed by atoms with Gasteiger partial charge in [0.05, 0.1) is 6.04 Å². The Morgan fingerprint density at radius 1 is 1.12 bits per heavy atom. The molecule has 0 aliphatic heterocycles. The summed E-state index contributed by atoms with van der Waals surface area (Å²) in [5.41, 5.74) is 2.54. The number of benzene rings is 2. The van der Waals surface area contributed by atoms with Gasteiger partial charge in [-0.3, -0.25) is 0 Å². The minimum absolute atomic E-state index is 0.0677. The zero-order valence-corrected chi connectivity index (χ0v) is 14.4. The van der Waals surface area contributed by atoms with E-state index in [4.69, 9.17) is 4.42 Å². The van der Waals surface area contributed by atoms with Crippen LogP contribution in [0.1, 0.15) is 24.1 Å². The second kappa shape index (κ2) is 6.81. The topological polar surface area (TPSA) is 62.6 Å². The molecule has 2 amide bonds. The number of amides is 2. The number of nitrogens with zero attached hydrogens (tertiary/aromatic N) is 1. The second-order valence-corrected chi connectivity index (χ2v) is 6.09. The fraction of sp³-hybridized carbons (Fsp3) is 0.200. The molecule has 3 rings (SSSR count). The van der Waals surface area contributed by atoms with Crippen molar-refractivity contribution in [1.29, 1.82) is 0 Å². The molecule has 1 atom stereocenters. The molecule has 1 aromatic heterocycles. The Balaban J connectivity index is 1.80. The van der Waals surface area contributed by atoms with Crippen LogP contribution in [0.25, 0.3) is 11.0 Å². The van der Waals surface area contributed by atoms with Gasteiger partial charge in [0.2, 0.25) is 0 Å². The Labute approximate surface area is 145 Å². The number of carbonyl (C=O) groups is 1. The molecule has 1 heterocycles. The third-order valence-electron chi connectivity index (χ3n) is 4.39. The Bertz CT molecular complexity index is 964. The predicted molar refractivity (Wildman–Crippen MR) is 98.9 cm³/mol. The van der Waals surface area contributed by atoms with Crippen molar-refractivity contribution in [3.8, 4) is 0 Å². The van der Waals surface area contributed by atoms with Gasteiger partial charge in [0.25, 0.3) is 0 Å². The van der Waals surface area contributed by atoms with Gasteiger partial charge in [-0.1, -0.05) is 30.3 Å². The van der Waals surface area contributed by atoms with Crippen LogP contribution in [0.4, 0.5) is 10.5 Å². The zero-order chi connectivity index (χ0) is 18.0. The molecule has 2 aromatic carbocycles. The molecule has 0 bridgehead atoms. The number of carbonyl (C=O) groups excluding carboxylic acids is 1. The van der Waals surface area contributed by atoms with Crippen molar-refractivity contribution in [1.82, 2.24) is 4.90 Å². The van der Waals surface area contributed by atoms with Crippen LogP contribution >= 0.6 is 0 Å². The standard InChI is InChI=1S/C20H20N2O3/c1-13-11-19(23)25-18-12-16(9-10-17(13)18)21-20(24)22(3)14(2)15-7-5-4-6-8-15/h4-12,14H,1-3H3,(H,21,24). The van der Waals surface area contributed by atoms with Crippen LogP contribution in [0.2, 0.25) is 0 Å². The summed E-state index contributed by atoms with van der Waals surface area (Å²) in [6.45, 7) is 3.82. The lowest BCUT2D eigenvalue weighted by Gasteiger charge is -2.25. The van der Waals surface area contributed by atoms with E-state index in [0.717, 1.165) is 16.5 Å². The second-order valence-electron chi connectivity index (χ2n) is 6.09. The maximum atomic E-state index is 12.5. The maximum absolute atomic E-state index is 12.5. The molecule has 5 heteroatoms. The lowest BCUT2D eigenvalue weighted by Crippen LogP contribution is -2.33. The van der Waals surface area contributed by atoms with Crippen LogP contribution in [-0.4, -0.2) is 18.0 Å². The van der Waals surface area contributed by atoms with Crippen LogP contribution in [0, 0.1) is 6.92 Å². The highest BCUT2D eigenvalue weighted by Gasteiger charge is 2.17.